The lowest BCUT2D eigenvalue weighted by molar-refractivity contribution is 1.77. The predicted octanol–water partition coefficient (Wildman–Crippen LogP) is 10.9. The Morgan fingerprint density at radius 3 is 1.26 bits per heavy atom. The van der Waals surface area contributed by atoms with Gasteiger partial charge in [-0.3, -0.25) is 0 Å². The van der Waals surface area contributed by atoms with E-state index < -0.39 is 0 Å². The molecule has 0 amide bonds. The lowest BCUT2D eigenvalue weighted by Crippen LogP contribution is -1.86. The highest BCUT2D eigenvalue weighted by Gasteiger charge is 2.11. The molecule has 0 heterocycles. The molecule has 0 radical (unpaired) electrons. The largest absolute Gasteiger partial charge is 0.0616 e. The molecule has 9 rings (SSSR count). The molecule has 9 aromatic carbocycles. The third-order valence-electron chi connectivity index (χ3n) is 8.00. The van der Waals surface area contributed by atoms with Crippen LogP contribution >= 0.6 is 0 Å². The van der Waals surface area contributed by atoms with E-state index in [9.17, 15) is 0 Å². The molecule has 0 heteroatoms. The van der Waals surface area contributed by atoms with Crippen LogP contribution in [0.25, 0.3) is 75.4 Å². The molecule has 9 aromatic rings. The number of hydrogen-bond acceptors (Lipinski definition) is 0. The van der Waals surface area contributed by atoms with Gasteiger partial charge >= 0.3 is 0 Å². The highest BCUT2D eigenvalue weighted by atomic mass is 14.1. The molecule has 0 spiro atoms. The summed E-state index contributed by atoms with van der Waals surface area (Å²) in [6.07, 6.45) is 0. The molecule has 38 heavy (non-hydrogen) atoms. The summed E-state index contributed by atoms with van der Waals surface area (Å²) in [4.78, 5) is 0. The maximum absolute atomic E-state index is 2.30. The van der Waals surface area contributed by atoms with Crippen LogP contribution in [0, 0.1) is 0 Å². The fraction of sp³-hybridized carbons (Fsp3) is 0. The quantitative estimate of drug-likeness (QED) is 0.150. The average molecular weight is 481 g/mol. The van der Waals surface area contributed by atoms with E-state index in [1.807, 2.05) is 0 Å². The molecule has 0 saturated heterocycles. The molecule has 0 bridgehead atoms. The topological polar surface area (TPSA) is 0 Å². The number of fused-ring (bicyclic) bond motifs is 7. The first-order chi connectivity index (χ1) is 18.8. The smallest absolute Gasteiger partial charge is 0.00203 e. The van der Waals surface area contributed by atoms with Crippen LogP contribution in [0.3, 0.4) is 0 Å². The van der Waals surface area contributed by atoms with Crippen molar-refractivity contribution in [2.24, 2.45) is 0 Å². The zero-order chi connectivity index (χ0) is 25.1. The molecular weight excluding hydrogens is 456 g/mol. The van der Waals surface area contributed by atoms with Crippen LogP contribution < -0.4 is 0 Å². The first-order valence-corrected chi connectivity index (χ1v) is 13.2. The monoisotopic (exact) mass is 480 g/mol. The summed E-state index contributed by atoms with van der Waals surface area (Å²) in [6, 6.07) is 52.5. The van der Waals surface area contributed by atoms with Gasteiger partial charge in [0.15, 0.2) is 0 Å². The Kier molecular flexibility index (Phi) is 4.62. The minimum atomic E-state index is 1.31. The van der Waals surface area contributed by atoms with Crippen molar-refractivity contribution in [1.82, 2.24) is 0 Å². The van der Waals surface area contributed by atoms with Crippen molar-refractivity contribution in [3.05, 3.63) is 146 Å². The van der Waals surface area contributed by atoms with Crippen molar-refractivity contribution in [3.63, 3.8) is 0 Å². The van der Waals surface area contributed by atoms with Crippen LogP contribution in [0.15, 0.2) is 146 Å². The average Bonchev–Trinajstić information content (AvgIpc) is 2.99. The third kappa shape index (κ3) is 3.17. The molecule has 0 saturated carbocycles. The van der Waals surface area contributed by atoms with Gasteiger partial charge in [0.2, 0.25) is 0 Å². The zero-order valence-electron chi connectivity index (χ0n) is 20.9. The molecule has 0 fully saturated rings. The van der Waals surface area contributed by atoms with E-state index in [0.29, 0.717) is 0 Å². The Morgan fingerprint density at radius 2 is 0.632 bits per heavy atom. The van der Waals surface area contributed by atoms with E-state index in [1.54, 1.807) is 0 Å². The Hall–Kier alpha value is -4.94. The van der Waals surface area contributed by atoms with Crippen LogP contribution in [0.4, 0.5) is 0 Å². The normalized spacial score (nSPS) is 11.7. The zero-order valence-corrected chi connectivity index (χ0v) is 20.9. The van der Waals surface area contributed by atoms with Gasteiger partial charge in [-0.25, -0.2) is 0 Å². The second-order valence-electron chi connectivity index (χ2n) is 10.1. The summed E-state index contributed by atoms with van der Waals surface area (Å²) in [5, 5.41) is 18.8. The molecule has 176 valence electrons. The van der Waals surface area contributed by atoms with E-state index in [2.05, 4.69) is 146 Å². The van der Waals surface area contributed by atoms with E-state index in [4.69, 9.17) is 0 Å². The summed E-state index contributed by atoms with van der Waals surface area (Å²) in [5.74, 6) is 0. The minimum Gasteiger partial charge on any atom is -0.0616 e. The highest BCUT2D eigenvalue weighted by molar-refractivity contribution is 6.33. The molecule has 0 aliphatic rings. The predicted molar refractivity (Wildman–Crippen MR) is 167 cm³/mol. The van der Waals surface area contributed by atoms with Gasteiger partial charge in [0.05, 0.1) is 0 Å². The van der Waals surface area contributed by atoms with Crippen molar-refractivity contribution in [1.29, 1.82) is 0 Å². The SMILES string of the molecule is c1ccc2c(c1)c1cccc3ccc4cccc2c4c31.c1ccc2cc3c(ccc4ccccc43)cc2c1. The Bertz CT molecular complexity index is 2190. The fourth-order valence-corrected chi connectivity index (χ4v) is 6.25. The van der Waals surface area contributed by atoms with Crippen molar-refractivity contribution in [2.45, 2.75) is 0 Å². The van der Waals surface area contributed by atoms with E-state index >= 15 is 0 Å². The van der Waals surface area contributed by atoms with E-state index in [0.717, 1.165) is 0 Å². The number of benzene rings is 9. The molecule has 0 aliphatic carbocycles. The standard InChI is InChI=1S/C20H12.C18H12/c1-2-8-16-15(7-1)17-9-3-5-13-11-12-14-6-4-10-18(16)20(14)19(13)17;1-2-7-15-12-18-16(11-14(15)6-1)10-9-13-5-3-4-8-17(13)18/h1-12H;1-12H. The van der Waals surface area contributed by atoms with Gasteiger partial charge in [-0.1, -0.05) is 133 Å². The Morgan fingerprint density at radius 1 is 0.211 bits per heavy atom. The summed E-state index contributed by atoms with van der Waals surface area (Å²) < 4.78 is 0. The summed E-state index contributed by atoms with van der Waals surface area (Å²) in [7, 11) is 0. The van der Waals surface area contributed by atoms with Gasteiger partial charge in [0, 0.05) is 0 Å². The summed E-state index contributed by atoms with van der Waals surface area (Å²) in [5.41, 5.74) is 0. The molecule has 0 aromatic heterocycles. The molecule has 0 unspecified atom stereocenters. The lowest BCUT2D eigenvalue weighted by atomic mass is 9.89. The van der Waals surface area contributed by atoms with Crippen molar-refractivity contribution in [2.75, 3.05) is 0 Å². The van der Waals surface area contributed by atoms with Crippen LogP contribution in [0.5, 0.6) is 0 Å². The Labute approximate surface area is 220 Å². The van der Waals surface area contributed by atoms with Gasteiger partial charge in [-0.05, 0) is 87.5 Å². The molecular formula is C38H24. The minimum absolute atomic E-state index is 1.31. The van der Waals surface area contributed by atoms with Gasteiger partial charge in [-0.15, -0.1) is 0 Å². The van der Waals surface area contributed by atoms with Gasteiger partial charge in [0.25, 0.3) is 0 Å². The van der Waals surface area contributed by atoms with Crippen LogP contribution in [0.1, 0.15) is 0 Å². The molecule has 0 atom stereocenters. The Balaban J connectivity index is 0.000000119. The summed E-state index contributed by atoms with van der Waals surface area (Å²) in [6.45, 7) is 0. The third-order valence-corrected chi connectivity index (χ3v) is 8.00. The van der Waals surface area contributed by atoms with Crippen molar-refractivity contribution >= 4 is 75.4 Å². The molecule has 0 N–H and O–H groups in total. The van der Waals surface area contributed by atoms with Crippen LogP contribution in [-0.4, -0.2) is 0 Å². The van der Waals surface area contributed by atoms with E-state index in [-0.39, 0.29) is 0 Å². The maximum Gasteiger partial charge on any atom is -0.00203 e. The first kappa shape index (κ1) is 21.2. The van der Waals surface area contributed by atoms with Crippen LogP contribution in [-0.2, 0) is 0 Å². The van der Waals surface area contributed by atoms with Gasteiger partial charge in [-0.2, -0.15) is 0 Å². The molecule has 0 nitrogen and oxygen atoms in total. The second kappa shape index (κ2) is 8.30. The van der Waals surface area contributed by atoms with E-state index in [1.165, 1.54) is 75.4 Å². The second-order valence-corrected chi connectivity index (χ2v) is 10.1. The highest BCUT2D eigenvalue weighted by Crippen LogP contribution is 2.40. The van der Waals surface area contributed by atoms with Crippen LogP contribution in [0.2, 0.25) is 0 Å². The fourth-order valence-electron chi connectivity index (χ4n) is 6.25. The number of hydrogen-bond donors (Lipinski definition) is 0. The van der Waals surface area contributed by atoms with Crippen molar-refractivity contribution in [3.8, 4) is 0 Å². The summed E-state index contributed by atoms with van der Waals surface area (Å²) >= 11 is 0. The lowest BCUT2D eigenvalue weighted by Gasteiger charge is -2.14. The number of rotatable bonds is 0. The van der Waals surface area contributed by atoms with Gasteiger partial charge in [0.1, 0.15) is 0 Å². The van der Waals surface area contributed by atoms with Crippen molar-refractivity contribution < 1.29 is 0 Å². The van der Waals surface area contributed by atoms with Gasteiger partial charge < -0.3 is 0 Å². The maximum atomic E-state index is 2.30. The molecule has 0 aliphatic heterocycles. The first-order valence-electron chi connectivity index (χ1n) is 13.2.